The van der Waals surface area contributed by atoms with Crippen LogP contribution in [0.3, 0.4) is 0 Å². The van der Waals surface area contributed by atoms with E-state index in [1.807, 2.05) is 0 Å². The fourth-order valence-electron chi connectivity index (χ4n) is 2.48. The fraction of sp³-hybridized carbons (Fsp3) is 0.667. The van der Waals surface area contributed by atoms with Gasteiger partial charge in [-0.1, -0.05) is 5.11 Å². The third kappa shape index (κ3) is 7.91. The third-order valence-electron chi connectivity index (χ3n) is 3.59. The lowest BCUT2D eigenvalue weighted by Gasteiger charge is -2.29. The van der Waals surface area contributed by atoms with Gasteiger partial charge in [0.2, 0.25) is 0 Å². The summed E-state index contributed by atoms with van der Waals surface area (Å²) in [7, 11) is -16.6. The highest BCUT2D eigenvalue weighted by atomic mass is 31.3. The Labute approximate surface area is 172 Å². The number of carbonyl (C=O) groups is 1. The molecular weight excluding hydrogens is 493 g/mol. The summed E-state index contributed by atoms with van der Waals surface area (Å²) >= 11 is 0. The van der Waals surface area contributed by atoms with Crippen molar-refractivity contribution in [2.45, 2.75) is 31.0 Å². The van der Waals surface area contributed by atoms with Gasteiger partial charge in [-0.15, -0.1) is 0 Å². The van der Waals surface area contributed by atoms with Crippen molar-refractivity contribution in [1.82, 2.24) is 10.2 Å². The first kappa shape index (κ1) is 25.9. The summed E-state index contributed by atoms with van der Waals surface area (Å²) < 4.78 is 50.9. The van der Waals surface area contributed by atoms with Crippen LogP contribution in [-0.2, 0) is 36.4 Å². The topological polar surface area (TPSA) is 285 Å². The molecule has 0 spiro atoms. The summed E-state index contributed by atoms with van der Waals surface area (Å²) in [6, 6.07) is -0.700. The summed E-state index contributed by atoms with van der Waals surface area (Å²) in [5.41, 5.74) is 8.39. The number of azide groups is 1. The number of phosphoric ester groups is 1. The maximum Gasteiger partial charge on any atom is 0.490 e. The predicted molar refractivity (Wildman–Crippen MR) is 94.6 cm³/mol. The van der Waals surface area contributed by atoms with Crippen molar-refractivity contribution in [3.05, 3.63) is 22.7 Å². The molecule has 2 aliphatic rings. The van der Waals surface area contributed by atoms with Crippen molar-refractivity contribution < 1.29 is 60.8 Å². The van der Waals surface area contributed by atoms with Crippen LogP contribution >= 0.6 is 23.5 Å². The summed E-state index contributed by atoms with van der Waals surface area (Å²) in [5, 5.41) is 5.65. The van der Waals surface area contributed by atoms with Gasteiger partial charge in [-0.05, 0) is 11.6 Å². The fourth-order valence-corrected chi connectivity index (χ4v) is 5.51. The Morgan fingerprint density at radius 2 is 1.97 bits per heavy atom. The molecule has 0 saturated carbocycles. The highest BCUT2D eigenvalue weighted by Crippen LogP contribution is 2.66. The van der Waals surface area contributed by atoms with E-state index in [2.05, 4.69) is 33.3 Å². The highest BCUT2D eigenvalue weighted by Gasteiger charge is 2.44. The van der Waals surface area contributed by atoms with Crippen LogP contribution in [0.2, 0.25) is 0 Å². The number of urea groups is 1. The zero-order valence-corrected chi connectivity index (χ0v) is 17.7. The number of phosphoric acid groups is 3. The minimum absolute atomic E-state index is 0.0368. The summed E-state index contributed by atoms with van der Waals surface area (Å²) in [6.07, 6.45) is -1.50. The first-order valence-corrected chi connectivity index (χ1v) is 12.4. The average molecular weight is 510 g/mol. The molecule has 0 radical (unpaired) electrons. The molecule has 0 bridgehead atoms. The number of ether oxygens (including phenoxy) is 1. The number of amides is 2. The molecule has 7 N–H and O–H groups in total. The number of nitrogens with zero attached hydrogens (tertiary/aromatic N) is 4. The zero-order chi connectivity index (χ0) is 23.4. The number of hydrogen-bond acceptors (Lipinski definition) is 11. The molecule has 0 aromatic carbocycles. The molecule has 2 amide bonds. The molecule has 22 heteroatoms. The second-order valence-corrected chi connectivity index (χ2v) is 10.2. The molecule has 4 unspecified atom stereocenters. The summed E-state index contributed by atoms with van der Waals surface area (Å²) in [5.74, 6) is 5.14. The van der Waals surface area contributed by atoms with Gasteiger partial charge in [-0.25, -0.2) is 24.4 Å². The Bertz CT molecular complexity index is 903. The molecule has 0 aromatic rings. The third-order valence-corrected chi connectivity index (χ3v) is 7.40. The molecule has 1 fully saturated rings. The van der Waals surface area contributed by atoms with Gasteiger partial charge in [0.25, 0.3) is 0 Å². The van der Waals surface area contributed by atoms with Crippen LogP contribution in [0, 0.1) is 0 Å². The van der Waals surface area contributed by atoms with Crippen LogP contribution in [0.5, 0.6) is 0 Å². The van der Waals surface area contributed by atoms with E-state index < -0.39 is 60.7 Å². The van der Waals surface area contributed by atoms with E-state index in [4.69, 9.17) is 30.8 Å². The van der Waals surface area contributed by atoms with Crippen LogP contribution in [-0.4, -0.2) is 61.7 Å². The lowest BCUT2D eigenvalue weighted by molar-refractivity contribution is -0.0670. The Balaban J connectivity index is 1.99. The predicted octanol–water partition coefficient (Wildman–Crippen LogP) is -0.121. The van der Waals surface area contributed by atoms with Crippen molar-refractivity contribution in [2.24, 2.45) is 11.0 Å². The minimum atomic E-state index is -5.68. The van der Waals surface area contributed by atoms with Crippen LogP contribution < -0.4 is 11.2 Å². The van der Waals surface area contributed by atoms with Crippen molar-refractivity contribution in [3.8, 4) is 0 Å². The van der Waals surface area contributed by atoms with E-state index >= 15 is 0 Å². The van der Waals surface area contributed by atoms with E-state index in [1.54, 1.807) is 0 Å². The maximum absolute atomic E-state index is 12.1. The highest BCUT2D eigenvalue weighted by molar-refractivity contribution is 7.66. The molecule has 0 aliphatic carbocycles. The molecule has 19 nitrogen and oxygen atoms in total. The molecule has 1 saturated heterocycles. The van der Waals surface area contributed by atoms with Gasteiger partial charge in [0, 0.05) is 17.5 Å². The van der Waals surface area contributed by atoms with Crippen molar-refractivity contribution in [1.29, 1.82) is 0 Å². The van der Waals surface area contributed by atoms with Gasteiger partial charge in [0.15, 0.2) is 0 Å². The van der Waals surface area contributed by atoms with Gasteiger partial charge in [0.1, 0.15) is 24.6 Å². The lowest BCUT2D eigenvalue weighted by atomic mass is 10.2. The van der Waals surface area contributed by atoms with Crippen molar-refractivity contribution in [3.63, 3.8) is 0 Å². The average Bonchev–Trinajstić information content (AvgIpc) is 3.00. The van der Waals surface area contributed by atoms with E-state index in [0.29, 0.717) is 0 Å². The molecule has 2 rings (SSSR count). The largest absolute Gasteiger partial charge is 0.490 e. The number of rotatable bonds is 10. The molecule has 0 aromatic heterocycles. The van der Waals surface area contributed by atoms with E-state index in [9.17, 15) is 23.4 Å². The zero-order valence-electron chi connectivity index (χ0n) is 15.0. The monoisotopic (exact) mass is 510 g/mol. The van der Waals surface area contributed by atoms with Gasteiger partial charge in [-0.3, -0.25) is 14.3 Å². The Morgan fingerprint density at radius 3 is 2.52 bits per heavy atom. The van der Waals surface area contributed by atoms with Crippen LogP contribution in [0.15, 0.2) is 17.4 Å². The van der Waals surface area contributed by atoms with Crippen molar-refractivity contribution in [2.75, 3.05) is 6.61 Å². The number of hydrogen-bond donors (Lipinski definition) is 6. The van der Waals surface area contributed by atoms with E-state index in [-0.39, 0.29) is 6.42 Å². The van der Waals surface area contributed by atoms with E-state index in [1.165, 1.54) is 12.3 Å². The normalized spacial score (nSPS) is 30.2. The maximum atomic E-state index is 12.1. The minimum Gasteiger partial charge on any atom is -0.349 e. The molecule has 6 atom stereocenters. The van der Waals surface area contributed by atoms with Gasteiger partial charge in [-0.2, -0.15) is 8.62 Å². The van der Waals surface area contributed by atoms with Gasteiger partial charge in [0.05, 0.1) is 6.61 Å². The quantitative estimate of drug-likeness (QED) is 0.0734. The molecule has 2 aliphatic heterocycles. The molecule has 176 valence electrons. The lowest BCUT2D eigenvalue weighted by Crippen LogP contribution is -2.49. The SMILES string of the molecule is [N-]=[N+]=NC1C=CN([C@H]2CC(ON)[C@@H](COP(=O)(O)OP(=O)(O)OP(=O)(O)O)O2)C(=O)N1. The van der Waals surface area contributed by atoms with E-state index in [0.717, 1.165) is 4.90 Å². The van der Waals surface area contributed by atoms with Gasteiger partial charge >= 0.3 is 29.5 Å². The Kier molecular flexibility index (Phi) is 8.38. The summed E-state index contributed by atoms with van der Waals surface area (Å²) in [6.45, 7) is -0.817. The van der Waals surface area contributed by atoms with Crippen LogP contribution in [0.25, 0.3) is 10.4 Å². The second-order valence-electron chi connectivity index (χ2n) is 5.77. The second kappa shape index (κ2) is 10.0. The smallest absolute Gasteiger partial charge is 0.349 e. The summed E-state index contributed by atoms with van der Waals surface area (Å²) in [4.78, 5) is 56.0. The number of nitrogens with two attached hydrogens (primary N) is 1. The van der Waals surface area contributed by atoms with Crippen molar-refractivity contribution >= 4 is 29.5 Å². The molecule has 2 heterocycles. The first-order valence-electron chi connectivity index (χ1n) is 7.86. The van der Waals surface area contributed by atoms with Gasteiger partial charge < -0.3 is 29.6 Å². The number of carbonyl (C=O) groups excluding carboxylic acids is 1. The number of nitrogens with one attached hydrogen (secondary N) is 1. The Morgan fingerprint density at radius 1 is 1.29 bits per heavy atom. The first-order chi connectivity index (χ1) is 14.3. The van der Waals surface area contributed by atoms with Crippen LogP contribution in [0.4, 0.5) is 4.79 Å². The van der Waals surface area contributed by atoms with Crippen LogP contribution in [0.1, 0.15) is 6.42 Å². The molecular formula is C9H17N6O13P3. The molecule has 31 heavy (non-hydrogen) atoms. The standard InChI is InChI=1S/C9H17N6O13P3/c10-14-13-7-1-2-15(9(16)12-7)8-3-5(26-11)6(25-8)4-24-30(20,21)28-31(22,23)27-29(17,18)19/h1-2,5-8H,3-4,11H2,(H,12,16)(H,20,21)(H,22,23)(H2,17,18,19)/t5?,6-,7?,8-/m1/s1. The Hall–Kier alpha value is -1.39.